The van der Waals surface area contributed by atoms with Crippen molar-refractivity contribution in [3.63, 3.8) is 0 Å². The first-order valence-corrected chi connectivity index (χ1v) is 6.33. The van der Waals surface area contributed by atoms with E-state index in [-0.39, 0.29) is 6.09 Å². The lowest BCUT2D eigenvalue weighted by molar-refractivity contribution is 0.0341. The Balaban J connectivity index is 2.41. The molecule has 0 radical (unpaired) electrons. The van der Waals surface area contributed by atoms with Crippen molar-refractivity contribution >= 4 is 11.8 Å². The molecule has 0 bridgehead atoms. The number of amides is 1. The molecule has 0 aliphatic carbocycles. The third-order valence-electron chi connectivity index (χ3n) is 2.30. The normalized spacial score (nSPS) is 10.7. The molecule has 19 heavy (non-hydrogen) atoms. The Morgan fingerprint density at radius 1 is 1.37 bits per heavy atom. The molecule has 4 heteroatoms. The molecule has 0 heterocycles. The van der Waals surface area contributed by atoms with Crippen molar-refractivity contribution in [2.75, 3.05) is 18.4 Å². The summed E-state index contributed by atoms with van der Waals surface area (Å²) in [5, 5.41) is 3.23. The summed E-state index contributed by atoms with van der Waals surface area (Å²) in [4.78, 5) is 13.3. The Morgan fingerprint density at radius 3 is 2.53 bits per heavy atom. The Morgan fingerprint density at radius 2 is 2.00 bits per heavy atom. The molecule has 0 aromatic heterocycles. The first-order valence-electron chi connectivity index (χ1n) is 6.33. The average molecular weight is 262 g/mol. The van der Waals surface area contributed by atoms with E-state index in [1.165, 1.54) is 11.1 Å². The number of nitrogens with one attached hydrogen (secondary N) is 1. The van der Waals surface area contributed by atoms with Crippen LogP contribution >= 0.6 is 0 Å². The second-order valence-corrected chi connectivity index (χ2v) is 5.15. The van der Waals surface area contributed by atoms with Gasteiger partial charge in [-0.15, -0.1) is 0 Å². The minimum absolute atomic E-state index is 0.377. The molecule has 0 aliphatic heterocycles. The Hall–Kier alpha value is -1.97. The largest absolute Gasteiger partial charge is 0.443 e. The highest BCUT2D eigenvalue weighted by molar-refractivity contribution is 5.69. The van der Waals surface area contributed by atoms with E-state index in [1.807, 2.05) is 51.1 Å². The Bertz CT molecular complexity index is 410. The Labute approximate surface area is 115 Å². The van der Waals surface area contributed by atoms with E-state index in [9.17, 15) is 4.79 Å². The third-order valence-corrected chi connectivity index (χ3v) is 2.30. The number of carbonyl (C=O) groups is 1. The van der Waals surface area contributed by atoms with Crippen LogP contribution in [0.4, 0.5) is 10.5 Å². The molecule has 1 amide bonds. The smallest absolute Gasteiger partial charge is 0.414 e. The van der Waals surface area contributed by atoms with E-state index in [2.05, 4.69) is 11.9 Å². The van der Waals surface area contributed by atoms with E-state index in [0.29, 0.717) is 13.1 Å². The molecular weight excluding hydrogens is 240 g/mol. The predicted octanol–water partition coefficient (Wildman–Crippen LogP) is 3.48. The highest BCUT2D eigenvalue weighted by Gasteiger charge is 2.19. The number of carbonyl (C=O) groups excluding carboxylic acids is 1. The van der Waals surface area contributed by atoms with Crippen LogP contribution in [-0.2, 0) is 4.74 Å². The molecule has 1 N–H and O–H groups in total. The second kappa shape index (κ2) is 6.83. The van der Waals surface area contributed by atoms with Crippen molar-refractivity contribution in [1.29, 1.82) is 0 Å². The Kier molecular flexibility index (Phi) is 5.42. The lowest BCUT2D eigenvalue weighted by Crippen LogP contribution is -2.35. The topological polar surface area (TPSA) is 41.6 Å². The van der Waals surface area contributed by atoms with Gasteiger partial charge in [-0.05, 0) is 32.9 Å². The predicted molar refractivity (Wildman–Crippen MR) is 78.1 cm³/mol. The number of anilines is 1. The van der Waals surface area contributed by atoms with Crippen LogP contribution in [0.1, 0.15) is 20.8 Å². The minimum atomic E-state index is -0.495. The molecule has 0 saturated heterocycles. The van der Waals surface area contributed by atoms with Gasteiger partial charge in [0, 0.05) is 25.0 Å². The fourth-order valence-electron chi connectivity index (χ4n) is 1.45. The highest BCUT2D eigenvalue weighted by atomic mass is 16.6. The molecule has 1 aromatic rings. The number of nitrogens with zero attached hydrogens (tertiary/aromatic N) is 1. The fraction of sp³-hybridized carbons (Fsp3) is 0.400. The number of para-hydroxylation sites is 1. The zero-order valence-electron chi connectivity index (χ0n) is 11.8. The molecule has 1 rings (SSSR count). The summed E-state index contributed by atoms with van der Waals surface area (Å²) >= 11 is 0. The number of benzene rings is 1. The first kappa shape index (κ1) is 15.1. The first-order chi connectivity index (χ1) is 8.92. The maximum Gasteiger partial charge on any atom is 0.414 e. The van der Waals surface area contributed by atoms with Gasteiger partial charge in [-0.2, -0.15) is 0 Å². The molecule has 0 atom stereocenters. The van der Waals surface area contributed by atoms with Gasteiger partial charge in [0.2, 0.25) is 0 Å². The van der Waals surface area contributed by atoms with Gasteiger partial charge in [0.15, 0.2) is 0 Å². The zero-order valence-corrected chi connectivity index (χ0v) is 11.8. The number of rotatable bonds is 5. The molecule has 0 fully saturated rings. The fourth-order valence-corrected chi connectivity index (χ4v) is 1.45. The van der Waals surface area contributed by atoms with E-state index >= 15 is 0 Å². The second-order valence-electron chi connectivity index (χ2n) is 5.15. The van der Waals surface area contributed by atoms with Crippen molar-refractivity contribution in [3.8, 4) is 0 Å². The highest BCUT2D eigenvalue weighted by Crippen LogP contribution is 2.10. The number of hydrogen-bond acceptors (Lipinski definition) is 3. The number of ether oxygens (including phenoxy) is 1. The van der Waals surface area contributed by atoms with Crippen LogP contribution in [-0.4, -0.2) is 29.7 Å². The summed E-state index contributed by atoms with van der Waals surface area (Å²) in [6.45, 7) is 10.3. The third kappa shape index (κ3) is 5.95. The van der Waals surface area contributed by atoms with Gasteiger partial charge in [-0.25, -0.2) is 4.79 Å². The van der Waals surface area contributed by atoms with Crippen molar-refractivity contribution in [2.45, 2.75) is 26.4 Å². The van der Waals surface area contributed by atoms with Gasteiger partial charge >= 0.3 is 6.09 Å². The quantitative estimate of drug-likeness (QED) is 0.883. The van der Waals surface area contributed by atoms with Crippen LogP contribution in [0.3, 0.4) is 0 Å². The summed E-state index contributed by atoms with van der Waals surface area (Å²) in [6.07, 6.45) is 1.11. The van der Waals surface area contributed by atoms with Crippen LogP contribution in [0.5, 0.6) is 0 Å². The van der Waals surface area contributed by atoms with E-state index in [1.54, 1.807) is 0 Å². The average Bonchev–Trinajstić information content (AvgIpc) is 2.33. The van der Waals surface area contributed by atoms with E-state index in [0.717, 1.165) is 5.69 Å². The lowest BCUT2D eigenvalue weighted by Gasteiger charge is -2.25. The van der Waals surface area contributed by atoms with Gasteiger partial charge in [0.1, 0.15) is 5.60 Å². The van der Waals surface area contributed by atoms with Gasteiger partial charge in [-0.1, -0.05) is 24.8 Å². The standard InChI is InChI=1S/C15H22N2O2/c1-5-17(14(18)19-15(2,3)4)12-11-16-13-9-7-6-8-10-13/h5-10,16H,1,11-12H2,2-4H3. The zero-order chi connectivity index (χ0) is 14.3. The van der Waals surface area contributed by atoms with Crippen molar-refractivity contribution < 1.29 is 9.53 Å². The monoisotopic (exact) mass is 262 g/mol. The SMILES string of the molecule is C=CN(CCNc1ccccc1)C(=O)OC(C)(C)C. The van der Waals surface area contributed by atoms with Gasteiger partial charge in [0.25, 0.3) is 0 Å². The van der Waals surface area contributed by atoms with E-state index < -0.39 is 5.60 Å². The minimum Gasteiger partial charge on any atom is -0.443 e. The molecular formula is C15H22N2O2. The van der Waals surface area contributed by atoms with Crippen LogP contribution in [0.15, 0.2) is 43.1 Å². The van der Waals surface area contributed by atoms with Crippen molar-refractivity contribution in [2.24, 2.45) is 0 Å². The summed E-state index contributed by atoms with van der Waals surface area (Å²) in [5.74, 6) is 0. The van der Waals surface area contributed by atoms with Crippen molar-refractivity contribution in [3.05, 3.63) is 43.1 Å². The maximum atomic E-state index is 11.8. The molecule has 0 unspecified atom stereocenters. The van der Waals surface area contributed by atoms with E-state index in [4.69, 9.17) is 4.74 Å². The summed E-state index contributed by atoms with van der Waals surface area (Å²) in [7, 11) is 0. The van der Waals surface area contributed by atoms with Crippen LogP contribution in [0, 0.1) is 0 Å². The maximum absolute atomic E-state index is 11.8. The number of hydrogen-bond donors (Lipinski definition) is 1. The van der Waals surface area contributed by atoms with Gasteiger partial charge < -0.3 is 10.1 Å². The molecule has 4 nitrogen and oxygen atoms in total. The lowest BCUT2D eigenvalue weighted by atomic mass is 10.2. The molecule has 0 spiro atoms. The van der Waals surface area contributed by atoms with Gasteiger partial charge in [-0.3, -0.25) is 4.90 Å². The van der Waals surface area contributed by atoms with Crippen LogP contribution < -0.4 is 5.32 Å². The van der Waals surface area contributed by atoms with Crippen molar-refractivity contribution in [1.82, 2.24) is 4.90 Å². The summed E-state index contributed by atoms with van der Waals surface area (Å²) in [5.41, 5.74) is 0.529. The molecule has 0 aliphatic rings. The van der Waals surface area contributed by atoms with Crippen LogP contribution in [0.2, 0.25) is 0 Å². The van der Waals surface area contributed by atoms with Gasteiger partial charge in [0.05, 0.1) is 0 Å². The van der Waals surface area contributed by atoms with Crippen LogP contribution in [0.25, 0.3) is 0 Å². The summed E-state index contributed by atoms with van der Waals surface area (Å²) in [6, 6.07) is 9.84. The molecule has 1 aromatic carbocycles. The summed E-state index contributed by atoms with van der Waals surface area (Å²) < 4.78 is 5.28. The molecule has 0 saturated carbocycles. The molecule has 104 valence electrons.